The highest BCUT2D eigenvalue weighted by atomic mass is 19.1. The molecule has 146 valence electrons. The number of ether oxygens (including phenoxy) is 1. The molecule has 2 heterocycles. The normalized spacial score (nSPS) is 15.0. The molecule has 3 aromatic rings. The molecule has 1 saturated heterocycles. The van der Waals surface area contributed by atoms with Crippen molar-refractivity contribution in [2.24, 2.45) is 0 Å². The Hall–Kier alpha value is -2.54. The lowest BCUT2D eigenvalue weighted by atomic mass is 10.1. The van der Waals surface area contributed by atoms with Crippen LogP contribution < -0.4 is 5.32 Å². The number of benzene rings is 2. The van der Waals surface area contributed by atoms with Crippen LogP contribution in [-0.4, -0.2) is 54.1 Å². The summed E-state index contributed by atoms with van der Waals surface area (Å²) >= 11 is 0. The Kier molecular flexibility index (Phi) is 6.11. The van der Waals surface area contributed by atoms with E-state index >= 15 is 0 Å². The Morgan fingerprint density at radius 3 is 2.50 bits per heavy atom. The summed E-state index contributed by atoms with van der Waals surface area (Å²) in [6.07, 6.45) is 2.05. The molecule has 5 nitrogen and oxygen atoms in total. The van der Waals surface area contributed by atoms with Crippen LogP contribution in [0.1, 0.15) is 5.56 Å². The lowest BCUT2D eigenvalue weighted by Crippen LogP contribution is -2.40. The molecular weight excluding hydrogens is 355 g/mol. The van der Waals surface area contributed by atoms with Crippen molar-refractivity contribution in [3.8, 4) is 16.9 Å². The first-order valence-corrected chi connectivity index (χ1v) is 9.70. The number of aromatic nitrogens is 2. The van der Waals surface area contributed by atoms with Gasteiger partial charge in [-0.1, -0.05) is 18.2 Å². The minimum atomic E-state index is -0.239. The predicted molar refractivity (Wildman–Crippen MR) is 108 cm³/mol. The second-order valence-corrected chi connectivity index (χ2v) is 6.92. The van der Waals surface area contributed by atoms with Crippen LogP contribution in [-0.2, 0) is 11.3 Å². The van der Waals surface area contributed by atoms with Gasteiger partial charge in [-0.15, -0.1) is 0 Å². The van der Waals surface area contributed by atoms with E-state index in [2.05, 4.69) is 16.4 Å². The van der Waals surface area contributed by atoms with Crippen LogP contribution in [0.4, 0.5) is 4.39 Å². The van der Waals surface area contributed by atoms with Crippen molar-refractivity contribution >= 4 is 0 Å². The van der Waals surface area contributed by atoms with Crippen molar-refractivity contribution in [3.05, 3.63) is 72.2 Å². The number of halogens is 1. The molecule has 1 aromatic heterocycles. The molecule has 2 aromatic carbocycles. The van der Waals surface area contributed by atoms with E-state index in [9.17, 15) is 4.39 Å². The second-order valence-electron chi connectivity index (χ2n) is 6.92. The van der Waals surface area contributed by atoms with Crippen molar-refractivity contribution < 1.29 is 9.13 Å². The Morgan fingerprint density at radius 2 is 1.75 bits per heavy atom. The second kappa shape index (κ2) is 9.10. The van der Waals surface area contributed by atoms with Crippen LogP contribution in [0.25, 0.3) is 16.9 Å². The summed E-state index contributed by atoms with van der Waals surface area (Å²) in [5.41, 5.74) is 3.90. The van der Waals surface area contributed by atoms with Crippen molar-refractivity contribution in [2.45, 2.75) is 6.54 Å². The molecule has 0 unspecified atom stereocenters. The number of hydrogen-bond acceptors (Lipinski definition) is 4. The van der Waals surface area contributed by atoms with Gasteiger partial charge in [-0.25, -0.2) is 9.07 Å². The van der Waals surface area contributed by atoms with E-state index in [1.54, 1.807) is 12.1 Å². The molecule has 1 N–H and O–H groups in total. The van der Waals surface area contributed by atoms with Gasteiger partial charge in [0.25, 0.3) is 0 Å². The molecule has 0 spiro atoms. The van der Waals surface area contributed by atoms with E-state index < -0.39 is 0 Å². The standard InChI is InChI=1S/C22H25FN4O/c23-20-8-6-18(7-9-20)22-19(16-24-10-11-26-12-14-28-15-13-26)17-27(25-22)21-4-2-1-3-5-21/h1-9,17,24H,10-16H2. The minimum absolute atomic E-state index is 0.239. The lowest BCUT2D eigenvalue weighted by molar-refractivity contribution is 0.0384. The lowest BCUT2D eigenvalue weighted by Gasteiger charge is -2.26. The zero-order chi connectivity index (χ0) is 19.2. The van der Waals surface area contributed by atoms with Crippen molar-refractivity contribution in [3.63, 3.8) is 0 Å². The largest absolute Gasteiger partial charge is 0.379 e. The maximum Gasteiger partial charge on any atom is 0.123 e. The number of nitrogens with zero attached hydrogens (tertiary/aromatic N) is 3. The third kappa shape index (κ3) is 4.65. The van der Waals surface area contributed by atoms with E-state index in [0.29, 0.717) is 6.54 Å². The highest BCUT2D eigenvalue weighted by Gasteiger charge is 2.13. The molecule has 4 rings (SSSR count). The zero-order valence-corrected chi connectivity index (χ0v) is 15.9. The van der Waals surface area contributed by atoms with E-state index in [1.165, 1.54) is 12.1 Å². The molecular formula is C22H25FN4O. The van der Waals surface area contributed by atoms with Gasteiger partial charge in [0.2, 0.25) is 0 Å². The smallest absolute Gasteiger partial charge is 0.123 e. The number of morpholine rings is 1. The fourth-order valence-electron chi connectivity index (χ4n) is 3.39. The average molecular weight is 380 g/mol. The Balaban J connectivity index is 1.49. The maximum atomic E-state index is 13.3. The third-order valence-corrected chi connectivity index (χ3v) is 4.95. The molecule has 0 amide bonds. The van der Waals surface area contributed by atoms with Gasteiger partial charge in [0, 0.05) is 50.0 Å². The first-order valence-electron chi connectivity index (χ1n) is 9.70. The topological polar surface area (TPSA) is 42.3 Å². The van der Waals surface area contributed by atoms with Gasteiger partial charge in [0.1, 0.15) is 5.82 Å². The molecule has 1 aliphatic heterocycles. The van der Waals surface area contributed by atoms with Crippen LogP contribution in [0.15, 0.2) is 60.8 Å². The van der Waals surface area contributed by atoms with Crippen LogP contribution in [0.5, 0.6) is 0 Å². The van der Waals surface area contributed by atoms with Gasteiger partial charge in [0.05, 0.1) is 24.6 Å². The van der Waals surface area contributed by atoms with Crippen LogP contribution in [0.3, 0.4) is 0 Å². The van der Waals surface area contributed by atoms with Crippen LogP contribution in [0, 0.1) is 5.82 Å². The summed E-state index contributed by atoms with van der Waals surface area (Å²) in [5.74, 6) is -0.239. The Morgan fingerprint density at radius 1 is 1.00 bits per heavy atom. The summed E-state index contributed by atoms with van der Waals surface area (Å²) in [6, 6.07) is 16.5. The van der Waals surface area contributed by atoms with Gasteiger partial charge in [-0.2, -0.15) is 5.10 Å². The summed E-state index contributed by atoms with van der Waals surface area (Å²) < 4.78 is 20.6. The van der Waals surface area contributed by atoms with E-state index in [4.69, 9.17) is 9.84 Å². The molecule has 0 saturated carbocycles. The SMILES string of the molecule is Fc1ccc(-c2nn(-c3ccccc3)cc2CNCCN2CCOCC2)cc1. The van der Waals surface area contributed by atoms with E-state index in [-0.39, 0.29) is 5.82 Å². The van der Waals surface area contributed by atoms with Gasteiger partial charge in [-0.05, 0) is 36.4 Å². The van der Waals surface area contributed by atoms with Crippen molar-refractivity contribution in [1.29, 1.82) is 0 Å². The zero-order valence-electron chi connectivity index (χ0n) is 15.9. The van der Waals surface area contributed by atoms with Crippen LogP contribution >= 0.6 is 0 Å². The third-order valence-electron chi connectivity index (χ3n) is 4.95. The Bertz CT molecular complexity index is 873. The van der Waals surface area contributed by atoms with Gasteiger partial charge in [-0.3, -0.25) is 4.90 Å². The number of hydrogen-bond donors (Lipinski definition) is 1. The highest BCUT2D eigenvalue weighted by Crippen LogP contribution is 2.24. The minimum Gasteiger partial charge on any atom is -0.379 e. The summed E-state index contributed by atoms with van der Waals surface area (Å²) in [6.45, 7) is 6.24. The average Bonchev–Trinajstić information content (AvgIpc) is 3.17. The maximum absolute atomic E-state index is 13.3. The molecule has 28 heavy (non-hydrogen) atoms. The molecule has 1 aliphatic rings. The van der Waals surface area contributed by atoms with E-state index in [0.717, 1.165) is 61.9 Å². The molecule has 1 fully saturated rings. The first-order chi connectivity index (χ1) is 13.8. The number of para-hydroxylation sites is 1. The van der Waals surface area contributed by atoms with Crippen molar-refractivity contribution in [1.82, 2.24) is 20.0 Å². The molecule has 0 atom stereocenters. The predicted octanol–water partition coefficient (Wildman–Crippen LogP) is 3.10. The quantitative estimate of drug-likeness (QED) is 0.640. The Labute approximate surface area is 164 Å². The van der Waals surface area contributed by atoms with E-state index in [1.807, 2.05) is 35.0 Å². The molecule has 0 radical (unpaired) electrons. The van der Waals surface area contributed by atoms with Gasteiger partial charge < -0.3 is 10.1 Å². The van der Waals surface area contributed by atoms with Gasteiger partial charge in [0.15, 0.2) is 0 Å². The molecule has 0 aliphatic carbocycles. The molecule has 6 heteroatoms. The number of nitrogens with one attached hydrogen (secondary N) is 1. The highest BCUT2D eigenvalue weighted by molar-refractivity contribution is 5.63. The fraction of sp³-hybridized carbons (Fsp3) is 0.318. The summed E-state index contributed by atoms with van der Waals surface area (Å²) in [5, 5.41) is 8.30. The van der Waals surface area contributed by atoms with Crippen molar-refractivity contribution in [2.75, 3.05) is 39.4 Å². The number of rotatable bonds is 7. The van der Waals surface area contributed by atoms with Crippen LogP contribution in [0.2, 0.25) is 0 Å². The fourth-order valence-corrected chi connectivity index (χ4v) is 3.39. The first kappa shape index (κ1) is 18.8. The van der Waals surface area contributed by atoms with Gasteiger partial charge >= 0.3 is 0 Å². The molecule has 0 bridgehead atoms. The summed E-state index contributed by atoms with van der Waals surface area (Å²) in [4.78, 5) is 2.41. The monoisotopic (exact) mass is 380 g/mol. The summed E-state index contributed by atoms with van der Waals surface area (Å²) in [7, 11) is 0.